The van der Waals surface area contributed by atoms with Gasteiger partial charge in [0, 0.05) is 5.75 Å². The first-order valence-corrected chi connectivity index (χ1v) is 6.44. The summed E-state index contributed by atoms with van der Waals surface area (Å²) in [6.45, 7) is 1.61. The number of nitrogens with zero attached hydrogens (tertiary/aromatic N) is 1. The zero-order chi connectivity index (χ0) is 9.90. The molecule has 0 aromatic rings. The molecule has 1 saturated carbocycles. The van der Waals surface area contributed by atoms with Gasteiger partial charge in [-0.3, -0.25) is 0 Å². The van der Waals surface area contributed by atoms with Crippen LogP contribution in [0.3, 0.4) is 0 Å². The molecule has 0 aromatic carbocycles. The quantitative estimate of drug-likeness (QED) is 0.695. The van der Waals surface area contributed by atoms with E-state index < -0.39 is 15.1 Å². The molecule has 1 unspecified atom stereocenters. The highest BCUT2D eigenvalue weighted by atomic mass is 32.2. The lowest BCUT2D eigenvalue weighted by atomic mass is 10.1. The molecule has 0 N–H and O–H groups in total. The molecule has 3 nitrogen and oxygen atoms in total. The van der Waals surface area contributed by atoms with E-state index in [1.54, 1.807) is 6.92 Å². The van der Waals surface area contributed by atoms with E-state index in [4.69, 9.17) is 5.26 Å². The van der Waals surface area contributed by atoms with Gasteiger partial charge in [-0.15, -0.1) is 0 Å². The summed E-state index contributed by atoms with van der Waals surface area (Å²) in [6, 6.07) is 1.95. The second-order valence-electron chi connectivity index (χ2n) is 3.55. The number of hydrogen-bond donors (Lipinski definition) is 0. The van der Waals surface area contributed by atoms with E-state index >= 15 is 0 Å². The van der Waals surface area contributed by atoms with Gasteiger partial charge in [0.15, 0.2) is 15.1 Å². The Balaban J connectivity index is 2.79. The Hall–Kier alpha value is -0.560. The molecule has 4 heteroatoms. The maximum absolute atomic E-state index is 11.5. The highest BCUT2D eigenvalue weighted by Crippen LogP contribution is 2.30. The summed E-state index contributed by atoms with van der Waals surface area (Å²) in [5, 5.41) is 8.07. The predicted molar refractivity (Wildman–Crippen MR) is 50.8 cm³/mol. The molecule has 0 aromatic heterocycles. The largest absolute Gasteiger partial charge is 0.227 e. The number of nitriles is 1. The van der Waals surface area contributed by atoms with E-state index in [0.29, 0.717) is 0 Å². The number of sulfone groups is 1. The van der Waals surface area contributed by atoms with Crippen LogP contribution in [0.25, 0.3) is 0 Å². The SMILES string of the molecule is CCS(=O)(=O)C(C#N)C1CCCC1. The Bertz CT molecular complexity index is 296. The van der Waals surface area contributed by atoms with Crippen LogP contribution in [0.2, 0.25) is 0 Å². The third-order valence-corrected chi connectivity index (χ3v) is 4.81. The zero-order valence-corrected chi connectivity index (χ0v) is 8.68. The van der Waals surface area contributed by atoms with Gasteiger partial charge in [0.25, 0.3) is 0 Å². The van der Waals surface area contributed by atoms with Gasteiger partial charge in [0.1, 0.15) is 0 Å². The van der Waals surface area contributed by atoms with Gasteiger partial charge >= 0.3 is 0 Å². The van der Waals surface area contributed by atoms with E-state index in [1.165, 1.54) is 0 Å². The van der Waals surface area contributed by atoms with E-state index in [1.807, 2.05) is 6.07 Å². The van der Waals surface area contributed by atoms with Crippen molar-refractivity contribution in [1.29, 1.82) is 5.26 Å². The maximum atomic E-state index is 11.5. The molecule has 1 rings (SSSR count). The lowest BCUT2D eigenvalue weighted by Crippen LogP contribution is -2.28. The van der Waals surface area contributed by atoms with Crippen LogP contribution in [0.15, 0.2) is 0 Å². The van der Waals surface area contributed by atoms with Crippen LogP contribution in [0.1, 0.15) is 32.6 Å². The maximum Gasteiger partial charge on any atom is 0.166 e. The summed E-state index contributed by atoms with van der Waals surface area (Å²) >= 11 is 0. The first-order chi connectivity index (χ1) is 6.11. The van der Waals surface area contributed by atoms with Gasteiger partial charge < -0.3 is 0 Å². The van der Waals surface area contributed by atoms with Crippen molar-refractivity contribution in [3.63, 3.8) is 0 Å². The van der Waals surface area contributed by atoms with Crippen LogP contribution in [0, 0.1) is 17.2 Å². The fourth-order valence-corrected chi connectivity index (χ4v) is 3.30. The lowest BCUT2D eigenvalue weighted by molar-refractivity contribution is 0.526. The van der Waals surface area contributed by atoms with E-state index in [0.717, 1.165) is 25.7 Å². The van der Waals surface area contributed by atoms with Gasteiger partial charge in [-0.25, -0.2) is 8.42 Å². The van der Waals surface area contributed by atoms with Gasteiger partial charge in [-0.2, -0.15) is 5.26 Å². The van der Waals surface area contributed by atoms with Gasteiger partial charge in [-0.1, -0.05) is 19.8 Å². The van der Waals surface area contributed by atoms with Crippen LogP contribution >= 0.6 is 0 Å². The van der Waals surface area contributed by atoms with Crippen LogP contribution in [0.5, 0.6) is 0 Å². The number of hydrogen-bond acceptors (Lipinski definition) is 3. The van der Waals surface area contributed by atoms with Gasteiger partial charge in [0.2, 0.25) is 0 Å². The molecule has 1 aliphatic rings. The molecule has 1 fully saturated rings. The summed E-state index contributed by atoms with van der Waals surface area (Å²) in [5.74, 6) is 0.178. The zero-order valence-electron chi connectivity index (χ0n) is 7.86. The molecule has 0 heterocycles. The Kier molecular flexibility index (Phi) is 3.32. The minimum Gasteiger partial charge on any atom is -0.227 e. The second kappa shape index (κ2) is 4.10. The highest BCUT2D eigenvalue weighted by molar-refractivity contribution is 7.92. The van der Waals surface area contributed by atoms with Crippen molar-refractivity contribution in [2.75, 3.05) is 5.75 Å². The third-order valence-electron chi connectivity index (χ3n) is 2.74. The fourth-order valence-electron chi connectivity index (χ4n) is 1.92. The molecule has 13 heavy (non-hydrogen) atoms. The van der Waals surface area contributed by atoms with Crippen LogP contribution in [0.4, 0.5) is 0 Å². The van der Waals surface area contributed by atoms with Gasteiger partial charge in [0.05, 0.1) is 6.07 Å². The average molecular weight is 201 g/mol. The predicted octanol–water partition coefficient (Wildman–Crippen LogP) is 1.50. The topological polar surface area (TPSA) is 57.9 Å². The Labute approximate surface area is 79.7 Å². The second-order valence-corrected chi connectivity index (χ2v) is 5.96. The van der Waals surface area contributed by atoms with Crippen LogP contribution in [-0.2, 0) is 9.84 Å². The summed E-state index contributed by atoms with van der Waals surface area (Å²) in [7, 11) is -3.15. The molecule has 1 aliphatic carbocycles. The number of rotatable bonds is 3. The van der Waals surface area contributed by atoms with Crippen molar-refractivity contribution in [3.8, 4) is 6.07 Å². The van der Waals surface area contributed by atoms with Crippen molar-refractivity contribution in [2.24, 2.45) is 5.92 Å². The molecule has 0 amide bonds. The molecular formula is C9H15NO2S. The average Bonchev–Trinajstić information content (AvgIpc) is 2.58. The lowest BCUT2D eigenvalue weighted by Gasteiger charge is -2.15. The van der Waals surface area contributed by atoms with E-state index in [2.05, 4.69) is 0 Å². The molecule has 0 saturated heterocycles. The van der Waals surface area contributed by atoms with Crippen LogP contribution < -0.4 is 0 Å². The first kappa shape index (κ1) is 10.5. The molecule has 1 atom stereocenters. The standard InChI is InChI=1S/C9H15NO2S/c1-2-13(11,12)9(7-10)8-5-3-4-6-8/h8-9H,2-6H2,1H3. The molecular weight excluding hydrogens is 186 g/mol. The summed E-state index contributed by atoms with van der Waals surface area (Å²) in [4.78, 5) is 0. The van der Waals surface area contributed by atoms with E-state index in [-0.39, 0.29) is 11.7 Å². The first-order valence-electron chi connectivity index (χ1n) is 4.73. The molecule has 0 radical (unpaired) electrons. The van der Waals surface area contributed by atoms with Crippen molar-refractivity contribution >= 4 is 9.84 Å². The van der Waals surface area contributed by atoms with Crippen molar-refractivity contribution in [3.05, 3.63) is 0 Å². The fraction of sp³-hybridized carbons (Fsp3) is 0.889. The normalized spacial score (nSPS) is 21.2. The summed E-state index contributed by atoms with van der Waals surface area (Å²) in [6.07, 6.45) is 3.94. The van der Waals surface area contributed by atoms with E-state index in [9.17, 15) is 8.42 Å². The molecule has 0 spiro atoms. The summed E-state index contributed by atoms with van der Waals surface area (Å²) < 4.78 is 23.0. The molecule has 0 aliphatic heterocycles. The minimum atomic E-state index is -3.15. The smallest absolute Gasteiger partial charge is 0.166 e. The Morgan fingerprint density at radius 3 is 2.38 bits per heavy atom. The third kappa shape index (κ3) is 2.22. The van der Waals surface area contributed by atoms with Crippen LogP contribution in [-0.4, -0.2) is 19.4 Å². The summed E-state index contributed by atoms with van der Waals surface area (Å²) in [5.41, 5.74) is 0. The minimum absolute atomic E-state index is 0.0850. The molecule has 74 valence electrons. The van der Waals surface area contributed by atoms with Crippen molar-refractivity contribution in [1.82, 2.24) is 0 Å². The van der Waals surface area contributed by atoms with Crippen molar-refractivity contribution in [2.45, 2.75) is 37.9 Å². The monoisotopic (exact) mass is 201 g/mol. The Morgan fingerprint density at radius 2 is 2.00 bits per heavy atom. The van der Waals surface area contributed by atoms with Crippen molar-refractivity contribution < 1.29 is 8.42 Å². The molecule has 0 bridgehead atoms. The highest BCUT2D eigenvalue weighted by Gasteiger charge is 2.33. The van der Waals surface area contributed by atoms with Gasteiger partial charge in [-0.05, 0) is 18.8 Å². The Morgan fingerprint density at radius 1 is 1.46 bits per heavy atom.